The van der Waals surface area contributed by atoms with Crippen LogP contribution < -0.4 is 10.0 Å². The van der Waals surface area contributed by atoms with Gasteiger partial charge in [-0.1, -0.05) is 18.3 Å². The first-order valence-electron chi connectivity index (χ1n) is 5.98. The molecule has 0 aliphatic carbocycles. The zero-order valence-corrected chi connectivity index (χ0v) is 12.6. The lowest BCUT2D eigenvalue weighted by molar-refractivity contribution is -0.383. The molecule has 9 nitrogen and oxygen atoms in total. The summed E-state index contributed by atoms with van der Waals surface area (Å²) >= 11 is 0.812. The fourth-order valence-corrected chi connectivity index (χ4v) is 3.82. The number of aromatic amines is 1. The highest BCUT2D eigenvalue weighted by Gasteiger charge is 2.26. The Morgan fingerprint density at radius 2 is 2.29 bits per heavy atom. The van der Waals surface area contributed by atoms with Gasteiger partial charge >= 0.3 is 5.69 Å². The molecule has 0 spiro atoms. The van der Waals surface area contributed by atoms with Gasteiger partial charge in [0.05, 0.1) is 4.92 Å². The van der Waals surface area contributed by atoms with E-state index in [1.807, 2.05) is 6.92 Å². The van der Waals surface area contributed by atoms with Crippen molar-refractivity contribution in [2.45, 2.75) is 17.6 Å². The number of anilines is 2. The topological polar surface area (TPSA) is 130 Å². The Bertz CT molecular complexity index is 723. The molecule has 0 radical (unpaired) electrons. The summed E-state index contributed by atoms with van der Waals surface area (Å²) in [6, 6.07) is 1.04. The van der Waals surface area contributed by atoms with Crippen LogP contribution in [0, 0.1) is 10.1 Å². The highest BCUT2D eigenvalue weighted by molar-refractivity contribution is 7.94. The number of nitro groups is 1. The third-order valence-corrected chi connectivity index (χ3v) is 5.31. The number of rotatable bonds is 7. The Balaban J connectivity index is 2.32. The first kappa shape index (κ1) is 15.3. The molecule has 2 aromatic heterocycles. The van der Waals surface area contributed by atoms with Gasteiger partial charge in [-0.3, -0.25) is 10.1 Å². The summed E-state index contributed by atoms with van der Waals surface area (Å²) < 4.78 is 26.4. The highest BCUT2D eigenvalue weighted by Crippen LogP contribution is 2.37. The number of imidazole rings is 1. The van der Waals surface area contributed by atoms with Crippen molar-refractivity contribution in [2.24, 2.45) is 0 Å². The minimum atomic E-state index is -3.91. The summed E-state index contributed by atoms with van der Waals surface area (Å²) in [4.78, 5) is 16.7. The number of H-pyrrole nitrogens is 1. The number of nitrogens with zero attached hydrogens (tertiary/aromatic N) is 2. The Morgan fingerprint density at radius 3 is 2.86 bits per heavy atom. The van der Waals surface area contributed by atoms with Crippen molar-refractivity contribution in [2.75, 3.05) is 16.6 Å². The molecule has 0 aliphatic heterocycles. The van der Waals surface area contributed by atoms with E-state index < -0.39 is 14.9 Å². The van der Waals surface area contributed by atoms with Crippen LogP contribution in [0.2, 0.25) is 0 Å². The number of hydrogen-bond acceptors (Lipinski definition) is 7. The molecule has 3 N–H and O–H groups in total. The Morgan fingerprint density at radius 1 is 1.52 bits per heavy atom. The van der Waals surface area contributed by atoms with Gasteiger partial charge in [0.1, 0.15) is 4.21 Å². The Hall–Kier alpha value is -2.14. The molecule has 11 heteroatoms. The largest absolute Gasteiger partial charge is 0.371 e. The summed E-state index contributed by atoms with van der Waals surface area (Å²) in [7, 11) is -3.91. The fourth-order valence-electron chi connectivity index (χ4n) is 1.49. The van der Waals surface area contributed by atoms with Crippen LogP contribution in [-0.4, -0.2) is 29.9 Å². The molecule has 0 unspecified atom stereocenters. The lowest BCUT2D eigenvalue weighted by Gasteiger charge is -2.01. The molecule has 0 atom stereocenters. The van der Waals surface area contributed by atoms with Crippen molar-refractivity contribution >= 4 is 38.0 Å². The molecule has 0 aromatic carbocycles. The second-order valence-corrected chi connectivity index (χ2v) is 6.97. The van der Waals surface area contributed by atoms with Crippen LogP contribution >= 0.6 is 11.3 Å². The molecule has 0 saturated heterocycles. The van der Waals surface area contributed by atoms with Crippen molar-refractivity contribution in [1.29, 1.82) is 0 Å². The average molecular weight is 331 g/mol. The smallest absolute Gasteiger partial charge is 0.304 e. The van der Waals surface area contributed by atoms with Gasteiger partial charge in [0, 0.05) is 25.0 Å². The minimum Gasteiger partial charge on any atom is -0.371 e. The monoisotopic (exact) mass is 331 g/mol. The maximum absolute atomic E-state index is 12.2. The number of nitrogens with one attached hydrogen (secondary N) is 3. The van der Waals surface area contributed by atoms with E-state index in [2.05, 4.69) is 20.0 Å². The van der Waals surface area contributed by atoms with Crippen LogP contribution in [-0.2, 0) is 10.0 Å². The van der Waals surface area contributed by atoms with E-state index in [1.54, 1.807) is 0 Å². The molecule has 2 heterocycles. The average Bonchev–Trinajstić information content (AvgIpc) is 3.04. The molecule has 0 saturated carbocycles. The van der Waals surface area contributed by atoms with Crippen molar-refractivity contribution in [3.63, 3.8) is 0 Å². The second-order valence-electron chi connectivity index (χ2n) is 4.01. The molecular formula is C10H13N5O4S2. The van der Waals surface area contributed by atoms with Crippen LogP contribution in [0.4, 0.5) is 16.6 Å². The second kappa shape index (κ2) is 6.10. The number of thiophene rings is 1. The van der Waals surface area contributed by atoms with Crippen LogP contribution in [0.15, 0.2) is 22.7 Å². The number of aromatic nitrogens is 2. The SMILES string of the molecule is CCCNc1sc(S(=O)(=O)Nc2ncc[nH]2)cc1[N+](=O)[O-]. The fraction of sp³-hybridized carbons (Fsp3) is 0.300. The van der Waals surface area contributed by atoms with Crippen molar-refractivity contribution in [1.82, 2.24) is 9.97 Å². The summed E-state index contributed by atoms with van der Waals surface area (Å²) in [5.74, 6) is 0.0501. The molecule has 2 aromatic rings. The normalized spacial score (nSPS) is 11.3. The minimum absolute atomic E-state index is 0.0501. The maximum atomic E-state index is 12.2. The molecule has 0 aliphatic rings. The third-order valence-electron chi connectivity index (χ3n) is 2.42. The molecule has 0 amide bonds. The first-order valence-corrected chi connectivity index (χ1v) is 8.28. The van der Waals surface area contributed by atoms with Crippen molar-refractivity contribution in [3.8, 4) is 0 Å². The first-order chi connectivity index (χ1) is 9.94. The van der Waals surface area contributed by atoms with E-state index in [1.165, 1.54) is 12.4 Å². The lowest BCUT2D eigenvalue weighted by Crippen LogP contribution is -2.12. The van der Waals surface area contributed by atoms with Gasteiger partial charge < -0.3 is 10.3 Å². The van der Waals surface area contributed by atoms with Crippen molar-refractivity contribution in [3.05, 3.63) is 28.6 Å². The maximum Gasteiger partial charge on any atom is 0.304 e. The predicted octanol–water partition coefficient (Wildman–Crippen LogP) is 2.00. The third kappa shape index (κ3) is 3.49. The van der Waals surface area contributed by atoms with Gasteiger partial charge in [-0.15, -0.1) is 0 Å². The van der Waals surface area contributed by atoms with E-state index in [4.69, 9.17) is 0 Å². The van der Waals surface area contributed by atoms with Crippen LogP contribution in [0.3, 0.4) is 0 Å². The zero-order chi connectivity index (χ0) is 15.5. The number of sulfonamides is 1. The molecule has 0 bridgehead atoms. The van der Waals surface area contributed by atoms with Crippen LogP contribution in [0.5, 0.6) is 0 Å². The van der Waals surface area contributed by atoms with Crippen LogP contribution in [0.25, 0.3) is 0 Å². The van der Waals surface area contributed by atoms with E-state index >= 15 is 0 Å². The summed E-state index contributed by atoms with van der Waals surface area (Å²) in [6.45, 7) is 2.43. The molecule has 0 fully saturated rings. The lowest BCUT2D eigenvalue weighted by atomic mass is 10.4. The van der Waals surface area contributed by atoms with Gasteiger partial charge in [-0.25, -0.2) is 18.1 Å². The summed E-state index contributed by atoms with van der Waals surface area (Å²) in [6.07, 6.45) is 3.62. The molecular weight excluding hydrogens is 318 g/mol. The van der Waals surface area contributed by atoms with Crippen LogP contribution in [0.1, 0.15) is 13.3 Å². The van der Waals surface area contributed by atoms with Gasteiger partial charge in [-0.05, 0) is 6.42 Å². The van der Waals surface area contributed by atoms with Crippen molar-refractivity contribution < 1.29 is 13.3 Å². The van der Waals surface area contributed by atoms with Gasteiger partial charge in [0.2, 0.25) is 5.95 Å². The standard InChI is InChI=1S/C10H13N5O4S2/c1-2-3-11-9-7(15(16)17)6-8(20-9)21(18,19)14-10-12-4-5-13-10/h4-6,11H,2-3H2,1H3,(H2,12,13,14). The Kier molecular flexibility index (Phi) is 4.43. The molecule has 2 rings (SSSR count). The summed E-state index contributed by atoms with van der Waals surface area (Å²) in [5.41, 5.74) is -0.256. The van der Waals surface area contributed by atoms with Gasteiger partial charge in [0.15, 0.2) is 5.00 Å². The molecule has 114 valence electrons. The summed E-state index contributed by atoms with van der Waals surface area (Å²) in [5, 5.41) is 14.1. The van der Waals surface area contributed by atoms with E-state index in [9.17, 15) is 18.5 Å². The Labute approximate surface area is 124 Å². The van der Waals surface area contributed by atoms with Gasteiger partial charge in [-0.2, -0.15) is 0 Å². The quantitative estimate of drug-likeness (QED) is 0.525. The number of hydrogen-bond donors (Lipinski definition) is 3. The van der Waals surface area contributed by atoms with E-state index in [0.29, 0.717) is 6.54 Å². The van der Waals surface area contributed by atoms with Gasteiger partial charge in [0.25, 0.3) is 10.0 Å². The zero-order valence-electron chi connectivity index (χ0n) is 11.0. The van der Waals surface area contributed by atoms with E-state index in [-0.39, 0.29) is 20.8 Å². The molecule has 21 heavy (non-hydrogen) atoms. The highest BCUT2D eigenvalue weighted by atomic mass is 32.2. The van der Waals surface area contributed by atoms with E-state index in [0.717, 1.165) is 23.8 Å². The predicted molar refractivity (Wildman–Crippen MR) is 79.2 cm³/mol.